The Bertz CT molecular complexity index is 567. The number of nitrogens with zero attached hydrogens (tertiary/aromatic N) is 1. The molecule has 2 rings (SSSR count). The highest BCUT2D eigenvalue weighted by atomic mass is 19.3. The fraction of sp³-hybridized carbons (Fsp3) is 0.632. The maximum atomic E-state index is 12.5. The van der Waals surface area contributed by atoms with Crippen molar-refractivity contribution >= 4 is 5.96 Å². The van der Waals surface area contributed by atoms with Crippen LogP contribution in [0.4, 0.5) is 8.78 Å². The third-order valence-corrected chi connectivity index (χ3v) is 4.31. The molecule has 0 unspecified atom stereocenters. The summed E-state index contributed by atoms with van der Waals surface area (Å²) < 4.78 is 40.5. The first-order valence-corrected chi connectivity index (χ1v) is 9.31. The van der Waals surface area contributed by atoms with Crippen LogP contribution in [0.15, 0.2) is 29.3 Å². The van der Waals surface area contributed by atoms with E-state index in [-0.39, 0.29) is 5.75 Å². The van der Waals surface area contributed by atoms with E-state index in [1.165, 1.54) is 6.07 Å². The summed E-state index contributed by atoms with van der Waals surface area (Å²) in [6.45, 7) is 1.35. The van der Waals surface area contributed by atoms with Gasteiger partial charge in [-0.2, -0.15) is 8.78 Å². The minimum absolute atomic E-state index is 0.164. The number of rotatable bonds is 10. The molecule has 0 atom stereocenters. The fourth-order valence-corrected chi connectivity index (χ4v) is 2.80. The molecular formula is C19H29F2N3O3. The van der Waals surface area contributed by atoms with Crippen LogP contribution in [0.3, 0.4) is 0 Å². The third kappa shape index (κ3) is 8.53. The highest BCUT2D eigenvalue weighted by Crippen LogP contribution is 2.19. The monoisotopic (exact) mass is 385 g/mol. The SMILES string of the molecule is CN=C(NCCCOCC1CCOCC1)NCc1ccccc1OC(F)F. The van der Waals surface area contributed by atoms with Crippen LogP contribution in [0.2, 0.25) is 0 Å². The van der Waals surface area contributed by atoms with Crippen molar-refractivity contribution in [3.8, 4) is 5.75 Å². The molecule has 0 spiro atoms. The van der Waals surface area contributed by atoms with Crippen molar-refractivity contribution in [2.75, 3.05) is 40.0 Å². The van der Waals surface area contributed by atoms with Crippen LogP contribution in [0.1, 0.15) is 24.8 Å². The molecule has 8 heteroatoms. The number of nitrogens with one attached hydrogen (secondary N) is 2. The summed E-state index contributed by atoms with van der Waals surface area (Å²) in [7, 11) is 1.67. The number of benzene rings is 1. The second kappa shape index (κ2) is 12.5. The summed E-state index contributed by atoms with van der Waals surface area (Å²) in [5, 5.41) is 6.29. The average molecular weight is 385 g/mol. The molecule has 27 heavy (non-hydrogen) atoms. The van der Waals surface area contributed by atoms with E-state index in [4.69, 9.17) is 9.47 Å². The van der Waals surface area contributed by atoms with Gasteiger partial charge in [0.1, 0.15) is 5.75 Å². The van der Waals surface area contributed by atoms with Crippen LogP contribution in [0.5, 0.6) is 5.75 Å². The highest BCUT2D eigenvalue weighted by Gasteiger charge is 2.13. The maximum absolute atomic E-state index is 12.5. The molecule has 1 aliphatic rings. The van der Waals surface area contributed by atoms with Gasteiger partial charge in [-0.25, -0.2) is 0 Å². The number of hydrogen-bond donors (Lipinski definition) is 2. The van der Waals surface area contributed by atoms with Gasteiger partial charge in [-0.3, -0.25) is 4.99 Å². The van der Waals surface area contributed by atoms with Gasteiger partial charge in [0, 0.05) is 52.1 Å². The van der Waals surface area contributed by atoms with Crippen LogP contribution >= 0.6 is 0 Å². The number of aliphatic imine (C=N–C) groups is 1. The Hall–Kier alpha value is -1.93. The lowest BCUT2D eigenvalue weighted by molar-refractivity contribution is -0.0504. The second-order valence-corrected chi connectivity index (χ2v) is 6.32. The molecule has 1 aliphatic heterocycles. The molecule has 0 radical (unpaired) electrons. The first-order chi connectivity index (χ1) is 13.2. The molecule has 6 nitrogen and oxygen atoms in total. The number of halogens is 2. The van der Waals surface area contributed by atoms with E-state index in [0.717, 1.165) is 39.1 Å². The van der Waals surface area contributed by atoms with Crippen molar-refractivity contribution in [1.29, 1.82) is 0 Å². The Balaban J connectivity index is 1.62. The van der Waals surface area contributed by atoms with E-state index in [9.17, 15) is 8.78 Å². The molecule has 1 heterocycles. The molecule has 1 saturated heterocycles. The van der Waals surface area contributed by atoms with Crippen LogP contribution in [0, 0.1) is 5.92 Å². The van der Waals surface area contributed by atoms with Gasteiger partial charge in [0.25, 0.3) is 0 Å². The second-order valence-electron chi connectivity index (χ2n) is 6.32. The van der Waals surface area contributed by atoms with Crippen LogP contribution in [-0.4, -0.2) is 52.6 Å². The summed E-state index contributed by atoms with van der Waals surface area (Å²) in [6, 6.07) is 6.70. The van der Waals surface area contributed by atoms with Gasteiger partial charge in [-0.1, -0.05) is 18.2 Å². The molecule has 1 aromatic rings. The topological polar surface area (TPSA) is 64.1 Å². The number of ether oxygens (including phenoxy) is 3. The number of alkyl halides is 2. The zero-order valence-electron chi connectivity index (χ0n) is 15.8. The van der Waals surface area contributed by atoms with Gasteiger partial charge >= 0.3 is 6.61 Å². The Kier molecular flexibility index (Phi) is 9.86. The number of para-hydroxylation sites is 1. The van der Waals surface area contributed by atoms with E-state index >= 15 is 0 Å². The summed E-state index contributed by atoms with van der Waals surface area (Å²) in [5.74, 6) is 1.37. The van der Waals surface area contributed by atoms with Crippen LogP contribution in [-0.2, 0) is 16.0 Å². The summed E-state index contributed by atoms with van der Waals surface area (Å²) in [4.78, 5) is 4.14. The molecule has 0 saturated carbocycles. The Morgan fingerprint density at radius 1 is 1.26 bits per heavy atom. The Morgan fingerprint density at radius 3 is 2.78 bits per heavy atom. The van der Waals surface area contributed by atoms with E-state index < -0.39 is 6.61 Å². The first kappa shape index (κ1) is 21.4. The van der Waals surface area contributed by atoms with Gasteiger partial charge in [0.2, 0.25) is 0 Å². The quantitative estimate of drug-likeness (QED) is 0.368. The molecule has 0 aromatic heterocycles. The number of hydrogen-bond acceptors (Lipinski definition) is 4. The van der Waals surface area contributed by atoms with Gasteiger partial charge in [0.05, 0.1) is 0 Å². The van der Waals surface area contributed by atoms with Gasteiger partial charge < -0.3 is 24.8 Å². The fourth-order valence-electron chi connectivity index (χ4n) is 2.80. The largest absolute Gasteiger partial charge is 0.434 e. The predicted octanol–water partition coefficient (Wildman–Crippen LogP) is 2.79. The number of guanidine groups is 1. The van der Waals surface area contributed by atoms with Crippen molar-refractivity contribution < 1.29 is 23.0 Å². The Labute approximate surface area is 159 Å². The predicted molar refractivity (Wildman–Crippen MR) is 100 cm³/mol. The lowest BCUT2D eigenvalue weighted by Crippen LogP contribution is -2.37. The van der Waals surface area contributed by atoms with E-state index in [1.54, 1.807) is 25.2 Å². The Morgan fingerprint density at radius 2 is 2.04 bits per heavy atom. The highest BCUT2D eigenvalue weighted by molar-refractivity contribution is 5.79. The molecule has 2 N–H and O–H groups in total. The molecule has 1 fully saturated rings. The lowest BCUT2D eigenvalue weighted by Gasteiger charge is -2.21. The minimum Gasteiger partial charge on any atom is -0.434 e. The standard InChI is InChI=1S/C19H29F2N3O3/c1-22-19(23-9-4-10-26-14-15-7-11-25-12-8-15)24-13-16-5-2-3-6-17(16)27-18(20)21/h2-3,5-6,15,18H,4,7-14H2,1H3,(H2,22,23,24). The van der Waals surface area contributed by atoms with E-state index in [0.29, 0.717) is 37.1 Å². The zero-order chi connectivity index (χ0) is 19.3. The third-order valence-electron chi connectivity index (χ3n) is 4.31. The molecule has 0 amide bonds. The maximum Gasteiger partial charge on any atom is 0.387 e. The first-order valence-electron chi connectivity index (χ1n) is 9.31. The van der Waals surface area contributed by atoms with Gasteiger partial charge in [-0.05, 0) is 31.2 Å². The lowest BCUT2D eigenvalue weighted by atomic mass is 10.0. The molecule has 0 aliphatic carbocycles. The van der Waals surface area contributed by atoms with Crippen LogP contribution in [0.25, 0.3) is 0 Å². The van der Waals surface area contributed by atoms with E-state index in [2.05, 4.69) is 20.4 Å². The average Bonchev–Trinajstić information content (AvgIpc) is 2.68. The normalized spacial score (nSPS) is 15.8. The smallest absolute Gasteiger partial charge is 0.387 e. The minimum atomic E-state index is -2.84. The molecule has 1 aromatic carbocycles. The van der Waals surface area contributed by atoms with Crippen molar-refractivity contribution in [1.82, 2.24) is 10.6 Å². The van der Waals surface area contributed by atoms with Gasteiger partial charge in [-0.15, -0.1) is 0 Å². The summed E-state index contributed by atoms with van der Waals surface area (Å²) in [6.07, 6.45) is 3.01. The molecular weight excluding hydrogens is 356 g/mol. The van der Waals surface area contributed by atoms with Crippen molar-refractivity contribution in [3.63, 3.8) is 0 Å². The zero-order valence-corrected chi connectivity index (χ0v) is 15.8. The van der Waals surface area contributed by atoms with Crippen molar-refractivity contribution in [2.45, 2.75) is 32.4 Å². The summed E-state index contributed by atoms with van der Waals surface area (Å²) >= 11 is 0. The van der Waals surface area contributed by atoms with E-state index in [1.807, 2.05) is 0 Å². The molecule has 0 bridgehead atoms. The van der Waals surface area contributed by atoms with Crippen molar-refractivity contribution in [2.24, 2.45) is 10.9 Å². The van der Waals surface area contributed by atoms with Crippen molar-refractivity contribution in [3.05, 3.63) is 29.8 Å². The molecule has 152 valence electrons. The summed E-state index contributed by atoms with van der Waals surface area (Å²) in [5.41, 5.74) is 0.639. The van der Waals surface area contributed by atoms with Gasteiger partial charge in [0.15, 0.2) is 5.96 Å². The van der Waals surface area contributed by atoms with Crippen LogP contribution < -0.4 is 15.4 Å².